The average molecular weight is 430 g/mol. The van der Waals surface area contributed by atoms with Crippen molar-refractivity contribution in [3.8, 4) is 5.82 Å². The summed E-state index contributed by atoms with van der Waals surface area (Å²) < 4.78 is 1.86. The van der Waals surface area contributed by atoms with Gasteiger partial charge in [0.25, 0.3) is 5.91 Å². The number of fused-ring (bicyclic) bond motifs is 1. The van der Waals surface area contributed by atoms with E-state index in [0.717, 1.165) is 16.6 Å². The lowest BCUT2D eigenvalue weighted by Crippen LogP contribution is -2.16. The number of imidazole rings is 1. The van der Waals surface area contributed by atoms with Crippen molar-refractivity contribution in [3.05, 3.63) is 89.9 Å². The molecule has 0 saturated heterocycles. The van der Waals surface area contributed by atoms with Crippen molar-refractivity contribution in [1.29, 1.82) is 0 Å². The number of nitrogens with zero attached hydrogens (tertiary/aromatic N) is 3. The summed E-state index contributed by atoms with van der Waals surface area (Å²) in [6.45, 7) is 0. The van der Waals surface area contributed by atoms with E-state index in [1.165, 1.54) is 0 Å². The van der Waals surface area contributed by atoms with Gasteiger partial charge < -0.3 is 15.9 Å². The number of aromatic nitrogens is 3. The fourth-order valence-corrected chi connectivity index (χ4v) is 2.88. The number of primary amides is 1. The zero-order chi connectivity index (χ0) is 23.1. The van der Waals surface area contributed by atoms with E-state index in [4.69, 9.17) is 25.5 Å². The van der Waals surface area contributed by atoms with Gasteiger partial charge in [-0.1, -0.05) is 48.5 Å². The maximum absolute atomic E-state index is 11.9. The highest BCUT2D eigenvalue weighted by atomic mass is 16.4. The van der Waals surface area contributed by atoms with Crippen LogP contribution in [0.1, 0.15) is 21.7 Å². The number of carboxylic acids is 2. The molecule has 0 fully saturated rings. The molecule has 0 unspecified atom stereocenters. The third kappa shape index (κ3) is 5.03. The van der Waals surface area contributed by atoms with E-state index in [9.17, 15) is 4.79 Å². The zero-order valence-corrected chi connectivity index (χ0v) is 16.6. The van der Waals surface area contributed by atoms with Crippen molar-refractivity contribution in [1.82, 2.24) is 14.5 Å². The van der Waals surface area contributed by atoms with Crippen molar-refractivity contribution in [2.24, 2.45) is 5.73 Å². The van der Waals surface area contributed by atoms with Crippen molar-refractivity contribution >= 4 is 41.0 Å². The average Bonchev–Trinajstić information content (AvgIpc) is 3.17. The largest absolute Gasteiger partial charge is 0.473 e. The monoisotopic (exact) mass is 430 g/mol. The van der Waals surface area contributed by atoms with Crippen LogP contribution >= 0.6 is 0 Å². The van der Waals surface area contributed by atoms with Gasteiger partial charge in [-0.15, -0.1) is 0 Å². The van der Waals surface area contributed by atoms with E-state index < -0.39 is 17.8 Å². The van der Waals surface area contributed by atoms with Crippen molar-refractivity contribution in [2.75, 3.05) is 0 Å². The Bertz CT molecular complexity index is 1300. The molecule has 0 aliphatic rings. The zero-order valence-electron chi connectivity index (χ0n) is 16.6. The highest BCUT2D eigenvalue weighted by Crippen LogP contribution is 2.23. The van der Waals surface area contributed by atoms with Crippen LogP contribution in [0.4, 0.5) is 0 Å². The van der Waals surface area contributed by atoms with Gasteiger partial charge in [-0.25, -0.2) is 19.6 Å². The summed E-state index contributed by atoms with van der Waals surface area (Å²) in [5, 5.41) is 14.8. The van der Waals surface area contributed by atoms with Gasteiger partial charge in [-0.05, 0) is 35.9 Å². The molecule has 1 amide bonds. The van der Waals surface area contributed by atoms with Crippen LogP contribution < -0.4 is 5.73 Å². The van der Waals surface area contributed by atoms with Gasteiger partial charge in [0.05, 0.1) is 16.6 Å². The molecule has 0 spiro atoms. The number of carbonyl (C=O) groups excluding carboxylic acids is 1. The highest BCUT2D eigenvalue weighted by Gasteiger charge is 2.16. The first-order valence-corrected chi connectivity index (χ1v) is 9.30. The number of para-hydroxylation sites is 2. The lowest BCUT2D eigenvalue weighted by molar-refractivity contribution is -0.159. The first kappa shape index (κ1) is 21.9. The number of carbonyl (C=O) groups is 3. The number of hydrogen-bond acceptors (Lipinski definition) is 5. The number of aliphatic carboxylic acids is 2. The first-order chi connectivity index (χ1) is 15.4. The summed E-state index contributed by atoms with van der Waals surface area (Å²) in [5.41, 5.74) is 8.64. The normalized spacial score (nSPS) is 10.5. The molecule has 4 aromatic rings. The van der Waals surface area contributed by atoms with Crippen LogP contribution in [0.3, 0.4) is 0 Å². The predicted molar refractivity (Wildman–Crippen MR) is 118 cm³/mol. The van der Waals surface area contributed by atoms with E-state index in [1.54, 1.807) is 18.3 Å². The molecular weight excluding hydrogens is 412 g/mol. The number of hydrogen-bond donors (Lipinski definition) is 3. The van der Waals surface area contributed by atoms with E-state index in [2.05, 4.69) is 9.97 Å². The van der Waals surface area contributed by atoms with Crippen LogP contribution in [0, 0.1) is 0 Å². The van der Waals surface area contributed by atoms with E-state index in [1.807, 2.05) is 71.3 Å². The second-order valence-electron chi connectivity index (χ2n) is 6.39. The number of benzene rings is 2. The van der Waals surface area contributed by atoms with E-state index in [-0.39, 0.29) is 0 Å². The lowest BCUT2D eigenvalue weighted by Gasteiger charge is -2.09. The Kier molecular flexibility index (Phi) is 6.72. The predicted octanol–water partition coefficient (Wildman–Crippen LogP) is 2.85. The highest BCUT2D eigenvalue weighted by molar-refractivity contribution is 6.27. The Morgan fingerprint density at radius 2 is 1.50 bits per heavy atom. The van der Waals surface area contributed by atoms with Crippen molar-refractivity contribution in [2.45, 2.75) is 0 Å². The first-order valence-electron chi connectivity index (χ1n) is 9.30. The van der Waals surface area contributed by atoms with Crippen LogP contribution in [-0.2, 0) is 9.59 Å². The molecule has 9 heteroatoms. The number of amides is 1. The second-order valence-corrected chi connectivity index (χ2v) is 6.39. The molecule has 9 nitrogen and oxygen atoms in total. The molecule has 160 valence electrons. The van der Waals surface area contributed by atoms with Gasteiger partial charge in [-0.2, -0.15) is 0 Å². The fourth-order valence-electron chi connectivity index (χ4n) is 2.88. The minimum atomic E-state index is -1.82. The van der Waals surface area contributed by atoms with Gasteiger partial charge >= 0.3 is 11.9 Å². The molecule has 0 atom stereocenters. The van der Waals surface area contributed by atoms with Crippen molar-refractivity contribution in [3.63, 3.8) is 0 Å². The molecule has 2 aromatic heterocycles. The SMILES string of the molecule is NC(=O)c1cccnc1-n1c(/C=C/c2ccccc2)nc2ccccc21.O=C(O)C(=O)O. The molecule has 32 heavy (non-hydrogen) atoms. The van der Waals surface area contributed by atoms with Gasteiger partial charge in [0.15, 0.2) is 5.82 Å². The summed E-state index contributed by atoms with van der Waals surface area (Å²) in [6.07, 6.45) is 5.53. The van der Waals surface area contributed by atoms with E-state index in [0.29, 0.717) is 17.2 Å². The lowest BCUT2D eigenvalue weighted by atomic mass is 10.2. The maximum Gasteiger partial charge on any atom is 0.414 e. The van der Waals surface area contributed by atoms with Crippen molar-refractivity contribution < 1.29 is 24.6 Å². The molecule has 0 radical (unpaired) electrons. The number of rotatable bonds is 4. The Hall–Kier alpha value is -4.79. The van der Waals surface area contributed by atoms with Crippen LogP contribution in [0.15, 0.2) is 72.9 Å². The number of nitrogens with two attached hydrogens (primary N) is 1. The summed E-state index contributed by atoms with van der Waals surface area (Å²) in [7, 11) is 0. The van der Waals surface area contributed by atoms with E-state index >= 15 is 0 Å². The fraction of sp³-hybridized carbons (Fsp3) is 0. The minimum Gasteiger partial charge on any atom is -0.473 e. The molecule has 2 aromatic carbocycles. The second kappa shape index (κ2) is 9.81. The van der Waals surface area contributed by atoms with Gasteiger partial charge in [0.1, 0.15) is 5.82 Å². The Labute approximate surface area is 182 Å². The molecule has 0 bridgehead atoms. The van der Waals surface area contributed by atoms with Crippen LogP contribution in [-0.4, -0.2) is 42.6 Å². The number of pyridine rings is 1. The molecule has 4 N–H and O–H groups in total. The smallest absolute Gasteiger partial charge is 0.414 e. The number of carboxylic acid groups (broad SMARTS) is 2. The molecule has 0 aliphatic carbocycles. The Morgan fingerprint density at radius 1 is 0.844 bits per heavy atom. The molecule has 2 heterocycles. The standard InChI is InChI=1S/C21H16N4O.C2H2O4/c22-20(26)16-9-6-14-23-21(16)25-18-11-5-4-10-17(18)24-19(25)13-12-15-7-2-1-3-8-15;3-1(4)2(5)6/h1-14H,(H2,22,26);(H,3,4)(H,5,6)/b13-12+;. The Balaban J connectivity index is 0.000000427. The van der Waals surface area contributed by atoms with Gasteiger partial charge in [0, 0.05) is 6.20 Å². The minimum absolute atomic E-state index is 0.352. The summed E-state index contributed by atoms with van der Waals surface area (Å²) in [6, 6.07) is 21.1. The molecule has 0 saturated carbocycles. The van der Waals surface area contributed by atoms with Gasteiger partial charge in [-0.3, -0.25) is 9.36 Å². The summed E-state index contributed by atoms with van der Waals surface area (Å²) in [4.78, 5) is 39.2. The molecular formula is C23H18N4O5. The molecule has 4 rings (SSSR count). The summed E-state index contributed by atoms with van der Waals surface area (Å²) in [5.74, 6) is -3.02. The van der Waals surface area contributed by atoms with Crippen LogP contribution in [0.2, 0.25) is 0 Å². The summed E-state index contributed by atoms with van der Waals surface area (Å²) >= 11 is 0. The van der Waals surface area contributed by atoms with Gasteiger partial charge in [0.2, 0.25) is 0 Å². The molecule has 0 aliphatic heterocycles. The third-order valence-electron chi connectivity index (χ3n) is 4.26. The third-order valence-corrected chi connectivity index (χ3v) is 4.26. The van der Waals surface area contributed by atoms with Crippen LogP contribution in [0.25, 0.3) is 29.0 Å². The Morgan fingerprint density at radius 3 is 2.16 bits per heavy atom. The maximum atomic E-state index is 11.9. The topological polar surface area (TPSA) is 148 Å². The quantitative estimate of drug-likeness (QED) is 0.422. The van der Waals surface area contributed by atoms with Crippen LogP contribution in [0.5, 0.6) is 0 Å².